The first kappa shape index (κ1) is 19.6. The fourth-order valence-electron chi connectivity index (χ4n) is 2.15. The van der Waals surface area contributed by atoms with Gasteiger partial charge in [-0.05, 0) is 18.8 Å². The summed E-state index contributed by atoms with van der Waals surface area (Å²) in [5, 5.41) is 18.3. The van der Waals surface area contributed by atoms with Crippen LogP contribution in [0.2, 0.25) is 0 Å². The first-order chi connectivity index (χ1) is 9.61. The van der Waals surface area contributed by atoms with Crippen LogP contribution in [0.1, 0.15) is 71.6 Å². The monoisotopic (exact) mass is 285 g/mol. The van der Waals surface area contributed by atoms with Crippen LogP contribution in [0.5, 0.6) is 0 Å². The van der Waals surface area contributed by atoms with Crippen LogP contribution in [0, 0.1) is 5.92 Å². The Morgan fingerprint density at radius 2 is 1.65 bits per heavy atom. The maximum atomic E-state index is 9.51. The molecule has 0 aliphatic heterocycles. The largest absolute Gasteiger partial charge is 0.395 e. The summed E-state index contributed by atoms with van der Waals surface area (Å²) in [5.74, 6) is 0.886. The summed E-state index contributed by atoms with van der Waals surface area (Å²) in [4.78, 5) is 0. The van der Waals surface area contributed by atoms with Gasteiger partial charge in [0, 0.05) is 0 Å². The van der Waals surface area contributed by atoms with Gasteiger partial charge in [0.05, 0.1) is 18.8 Å². The van der Waals surface area contributed by atoms with Crippen molar-refractivity contribution in [2.75, 3.05) is 6.61 Å². The Bertz CT molecular complexity index is 231. The van der Waals surface area contributed by atoms with Crippen molar-refractivity contribution in [3.05, 3.63) is 12.2 Å². The molecule has 0 aromatic rings. The second-order valence-corrected chi connectivity index (χ2v) is 5.98. The van der Waals surface area contributed by atoms with E-state index < -0.39 is 12.1 Å². The number of unbranched alkanes of at least 4 members (excludes halogenated alkanes) is 6. The van der Waals surface area contributed by atoms with Gasteiger partial charge in [-0.15, -0.1) is 0 Å². The van der Waals surface area contributed by atoms with E-state index >= 15 is 0 Å². The summed E-state index contributed by atoms with van der Waals surface area (Å²) in [6.45, 7) is 4.42. The second kappa shape index (κ2) is 13.6. The van der Waals surface area contributed by atoms with E-state index in [0.29, 0.717) is 0 Å². The van der Waals surface area contributed by atoms with Crippen molar-refractivity contribution < 1.29 is 10.2 Å². The van der Waals surface area contributed by atoms with E-state index in [1.807, 2.05) is 6.08 Å². The van der Waals surface area contributed by atoms with Gasteiger partial charge < -0.3 is 15.9 Å². The third-order valence-corrected chi connectivity index (χ3v) is 4.00. The minimum absolute atomic E-state index is 0.178. The average molecular weight is 285 g/mol. The van der Waals surface area contributed by atoms with Gasteiger partial charge >= 0.3 is 0 Å². The van der Waals surface area contributed by atoms with Crippen molar-refractivity contribution in [3.63, 3.8) is 0 Å². The van der Waals surface area contributed by atoms with E-state index in [2.05, 4.69) is 13.8 Å². The number of hydrogen-bond acceptors (Lipinski definition) is 3. The number of aliphatic hydroxyl groups is 2. The van der Waals surface area contributed by atoms with E-state index in [1.54, 1.807) is 6.08 Å². The smallest absolute Gasteiger partial charge is 0.0894 e. The number of hydrogen-bond donors (Lipinski definition) is 3. The van der Waals surface area contributed by atoms with Crippen LogP contribution in [0.25, 0.3) is 0 Å². The second-order valence-electron chi connectivity index (χ2n) is 5.98. The predicted octanol–water partition coefficient (Wildman–Crippen LogP) is 3.39. The number of rotatable bonds is 13. The summed E-state index contributed by atoms with van der Waals surface area (Å²) in [7, 11) is 0. The molecule has 0 heterocycles. The SMILES string of the molecule is CCC(C)CCCCCCCCC=CC(O)C(N)CO. The molecule has 0 spiro atoms. The van der Waals surface area contributed by atoms with Gasteiger partial charge in [0.2, 0.25) is 0 Å². The highest BCUT2D eigenvalue weighted by Crippen LogP contribution is 2.14. The molecule has 3 heteroatoms. The number of nitrogens with two attached hydrogens (primary N) is 1. The Morgan fingerprint density at radius 3 is 2.25 bits per heavy atom. The lowest BCUT2D eigenvalue weighted by Gasteiger charge is -2.11. The molecular formula is C17H35NO2. The molecule has 0 aromatic heterocycles. The lowest BCUT2D eigenvalue weighted by molar-refractivity contribution is 0.144. The predicted molar refractivity (Wildman–Crippen MR) is 86.6 cm³/mol. The van der Waals surface area contributed by atoms with Crippen LogP contribution in [0.3, 0.4) is 0 Å². The lowest BCUT2D eigenvalue weighted by Crippen LogP contribution is -2.36. The molecule has 0 bridgehead atoms. The fraction of sp³-hybridized carbons (Fsp3) is 0.882. The van der Waals surface area contributed by atoms with E-state index in [0.717, 1.165) is 12.3 Å². The zero-order chi connectivity index (χ0) is 15.2. The molecule has 3 unspecified atom stereocenters. The topological polar surface area (TPSA) is 66.5 Å². The number of allylic oxidation sites excluding steroid dienone is 1. The van der Waals surface area contributed by atoms with Crippen molar-refractivity contribution >= 4 is 0 Å². The lowest BCUT2D eigenvalue weighted by atomic mass is 10.00. The van der Waals surface area contributed by atoms with E-state index in [9.17, 15) is 5.11 Å². The molecule has 0 fully saturated rings. The molecule has 0 amide bonds. The molecule has 4 N–H and O–H groups in total. The minimum atomic E-state index is -0.722. The molecule has 0 rings (SSSR count). The van der Waals surface area contributed by atoms with Gasteiger partial charge in [0.25, 0.3) is 0 Å². The molecule has 0 aromatic carbocycles. The molecular weight excluding hydrogens is 250 g/mol. The van der Waals surface area contributed by atoms with Gasteiger partial charge in [-0.3, -0.25) is 0 Å². The summed E-state index contributed by atoms with van der Waals surface area (Å²) >= 11 is 0. The van der Waals surface area contributed by atoms with Crippen molar-refractivity contribution in [2.45, 2.75) is 83.8 Å². The Kier molecular flexibility index (Phi) is 13.3. The third-order valence-electron chi connectivity index (χ3n) is 4.00. The maximum absolute atomic E-state index is 9.51. The van der Waals surface area contributed by atoms with E-state index in [4.69, 9.17) is 10.8 Å². The Hall–Kier alpha value is -0.380. The molecule has 0 aliphatic rings. The quantitative estimate of drug-likeness (QED) is 0.359. The third kappa shape index (κ3) is 11.4. The molecule has 3 atom stereocenters. The average Bonchev–Trinajstić information content (AvgIpc) is 2.47. The number of aliphatic hydroxyl groups excluding tert-OH is 2. The highest BCUT2D eigenvalue weighted by atomic mass is 16.3. The van der Waals surface area contributed by atoms with Gasteiger partial charge in [-0.2, -0.15) is 0 Å². The summed E-state index contributed by atoms with van der Waals surface area (Å²) < 4.78 is 0. The Balaban J connectivity index is 3.30. The van der Waals surface area contributed by atoms with Gasteiger partial charge in [-0.25, -0.2) is 0 Å². The Labute approximate surface area is 125 Å². The summed E-state index contributed by atoms with van der Waals surface area (Å²) in [6.07, 6.45) is 14.5. The van der Waals surface area contributed by atoms with Crippen molar-refractivity contribution in [1.29, 1.82) is 0 Å². The molecule has 20 heavy (non-hydrogen) atoms. The first-order valence-electron chi connectivity index (χ1n) is 8.33. The molecule has 0 radical (unpaired) electrons. The Morgan fingerprint density at radius 1 is 1.05 bits per heavy atom. The van der Waals surface area contributed by atoms with Crippen LogP contribution in [-0.2, 0) is 0 Å². The maximum Gasteiger partial charge on any atom is 0.0894 e. The summed E-state index contributed by atoms with van der Waals surface area (Å²) in [6, 6.07) is -0.559. The van der Waals surface area contributed by atoms with E-state index in [-0.39, 0.29) is 6.61 Å². The van der Waals surface area contributed by atoms with Crippen molar-refractivity contribution in [2.24, 2.45) is 11.7 Å². The zero-order valence-corrected chi connectivity index (χ0v) is 13.4. The minimum Gasteiger partial charge on any atom is -0.395 e. The molecule has 0 saturated carbocycles. The van der Waals surface area contributed by atoms with Crippen LogP contribution in [0.15, 0.2) is 12.2 Å². The van der Waals surface area contributed by atoms with Crippen LogP contribution >= 0.6 is 0 Å². The normalized spacial score (nSPS) is 16.4. The highest BCUT2D eigenvalue weighted by molar-refractivity contribution is 4.93. The van der Waals surface area contributed by atoms with Gasteiger partial charge in [0.1, 0.15) is 0 Å². The fourth-order valence-corrected chi connectivity index (χ4v) is 2.15. The molecule has 0 saturated heterocycles. The van der Waals surface area contributed by atoms with Crippen molar-refractivity contribution in [1.82, 2.24) is 0 Å². The van der Waals surface area contributed by atoms with Crippen molar-refractivity contribution in [3.8, 4) is 0 Å². The molecule has 3 nitrogen and oxygen atoms in total. The van der Waals surface area contributed by atoms with Crippen LogP contribution in [-0.4, -0.2) is 29.0 Å². The van der Waals surface area contributed by atoms with E-state index in [1.165, 1.54) is 51.4 Å². The highest BCUT2D eigenvalue weighted by Gasteiger charge is 2.08. The standard InChI is InChI=1S/C17H35NO2/c1-3-15(2)12-10-8-6-4-5-7-9-11-13-17(20)16(18)14-19/h11,13,15-17,19-20H,3-10,12,14,18H2,1-2H3. The van der Waals surface area contributed by atoms with Gasteiger partial charge in [0.15, 0.2) is 0 Å². The van der Waals surface area contributed by atoms with Crippen LogP contribution in [0.4, 0.5) is 0 Å². The molecule has 0 aliphatic carbocycles. The summed E-state index contributed by atoms with van der Waals surface area (Å²) in [5.41, 5.74) is 5.51. The zero-order valence-electron chi connectivity index (χ0n) is 13.4. The van der Waals surface area contributed by atoms with Crippen LogP contribution < -0.4 is 5.73 Å². The molecule has 120 valence electrons. The van der Waals surface area contributed by atoms with Gasteiger partial charge in [-0.1, -0.05) is 70.9 Å². The first-order valence-corrected chi connectivity index (χ1v) is 8.33.